The molecule has 5 heterocycles. The molecule has 0 amide bonds. The van der Waals surface area contributed by atoms with Gasteiger partial charge in [-0.3, -0.25) is 9.67 Å². The van der Waals surface area contributed by atoms with E-state index < -0.39 is 5.79 Å². The highest BCUT2D eigenvalue weighted by atomic mass is 16.5. The molecule has 1 N–H and O–H groups in total. The SMILES string of the molecule is CCn1cc(C2=NC3(Nc4ccc(N5CCN(C)CC5)c(OC)c4)CN3C=C2)c(-c2cccnc2)n1. The number of piperazine rings is 1. The molecule has 3 aromatic rings. The first kappa shape index (κ1) is 22.6. The van der Waals surface area contributed by atoms with Crippen LogP contribution in [0.5, 0.6) is 5.75 Å². The highest BCUT2D eigenvalue weighted by Gasteiger charge is 2.53. The third kappa shape index (κ3) is 4.09. The number of hydrogen-bond donors (Lipinski definition) is 1. The standard InChI is InChI=1S/C27H32N8O/c1-4-35-18-22(26(31-35)20-6-5-10-28-17-20)23-9-11-34-19-27(34,30-23)29-21-7-8-24(25(16-21)36-3)33-14-12-32(2)13-15-33/h5-11,16-18,29H,4,12-15,19H2,1-3H3. The fourth-order valence-corrected chi connectivity index (χ4v) is 4.95. The molecule has 9 nitrogen and oxygen atoms in total. The van der Waals surface area contributed by atoms with E-state index in [1.54, 1.807) is 13.3 Å². The average molecular weight is 485 g/mol. The van der Waals surface area contributed by atoms with Crippen molar-refractivity contribution < 1.29 is 4.74 Å². The van der Waals surface area contributed by atoms with E-state index >= 15 is 0 Å². The van der Waals surface area contributed by atoms with Gasteiger partial charge in [-0.05, 0) is 44.3 Å². The zero-order valence-corrected chi connectivity index (χ0v) is 21.1. The highest BCUT2D eigenvalue weighted by molar-refractivity contribution is 6.13. The van der Waals surface area contributed by atoms with Crippen LogP contribution in [0.4, 0.5) is 11.4 Å². The van der Waals surface area contributed by atoms with Crippen molar-refractivity contribution in [1.29, 1.82) is 0 Å². The quantitative estimate of drug-likeness (QED) is 0.517. The van der Waals surface area contributed by atoms with Crippen molar-refractivity contribution in [2.24, 2.45) is 4.99 Å². The van der Waals surface area contributed by atoms with Crippen molar-refractivity contribution in [1.82, 2.24) is 24.6 Å². The Hall–Kier alpha value is -3.85. The summed E-state index contributed by atoms with van der Waals surface area (Å²) in [5.41, 5.74) is 5.94. The zero-order chi connectivity index (χ0) is 24.7. The highest BCUT2D eigenvalue weighted by Crippen LogP contribution is 2.41. The maximum Gasteiger partial charge on any atom is 0.226 e. The Morgan fingerprint density at radius 3 is 2.75 bits per heavy atom. The summed E-state index contributed by atoms with van der Waals surface area (Å²) in [6.07, 6.45) is 9.89. The molecule has 36 heavy (non-hydrogen) atoms. The molecule has 0 spiro atoms. The largest absolute Gasteiger partial charge is 0.495 e. The predicted octanol–water partition coefficient (Wildman–Crippen LogP) is 3.12. The van der Waals surface area contributed by atoms with Crippen LogP contribution in [0.25, 0.3) is 11.3 Å². The van der Waals surface area contributed by atoms with Gasteiger partial charge in [0, 0.05) is 80.4 Å². The van der Waals surface area contributed by atoms with E-state index in [-0.39, 0.29) is 0 Å². The van der Waals surface area contributed by atoms with E-state index in [0.29, 0.717) is 0 Å². The summed E-state index contributed by atoms with van der Waals surface area (Å²) in [6.45, 7) is 7.80. The Kier molecular flexibility index (Phi) is 5.64. The molecule has 3 aliphatic rings. The predicted molar refractivity (Wildman–Crippen MR) is 143 cm³/mol. The van der Waals surface area contributed by atoms with E-state index in [2.05, 4.69) is 75.6 Å². The Morgan fingerprint density at radius 2 is 2.00 bits per heavy atom. The van der Waals surface area contributed by atoms with Gasteiger partial charge in [0.05, 0.1) is 25.1 Å². The first-order valence-corrected chi connectivity index (χ1v) is 12.5. The number of anilines is 2. The van der Waals surface area contributed by atoms with Crippen LogP contribution in [0.3, 0.4) is 0 Å². The summed E-state index contributed by atoms with van der Waals surface area (Å²) in [4.78, 5) is 16.4. The number of hydrogen-bond acceptors (Lipinski definition) is 8. The molecule has 0 aliphatic carbocycles. The van der Waals surface area contributed by atoms with Gasteiger partial charge in [-0.2, -0.15) is 5.10 Å². The van der Waals surface area contributed by atoms with Gasteiger partial charge in [0.1, 0.15) is 11.4 Å². The molecular formula is C27H32N8O. The monoisotopic (exact) mass is 484 g/mol. The smallest absolute Gasteiger partial charge is 0.226 e. The zero-order valence-electron chi connectivity index (χ0n) is 21.1. The Morgan fingerprint density at radius 1 is 1.14 bits per heavy atom. The first-order chi connectivity index (χ1) is 17.6. The first-order valence-electron chi connectivity index (χ1n) is 12.5. The molecule has 3 aliphatic heterocycles. The van der Waals surface area contributed by atoms with E-state index in [9.17, 15) is 0 Å². The number of pyridine rings is 1. The number of fused-ring (bicyclic) bond motifs is 1. The van der Waals surface area contributed by atoms with Crippen molar-refractivity contribution in [3.05, 3.63) is 66.8 Å². The van der Waals surface area contributed by atoms with Crippen molar-refractivity contribution in [3.63, 3.8) is 0 Å². The molecule has 1 aromatic carbocycles. The van der Waals surface area contributed by atoms with Crippen LogP contribution in [0.15, 0.2) is 66.2 Å². The molecule has 0 radical (unpaired) electrons. The van der Waals surface area contributed by atoms with Crippen molar-refractivity contribution >= 4 is 17.1 Å². The van der Waals surface area contributed by atoms with Crippen LogP contribution in [-0.2, 0) is 6.54 Å². The molecule has 9 heteroatoms. The van der Waals surface area contributed by atoms with E-state index in [1.807, 2.05) is 23.0 Å². The number of benzene rings is 1. The molecule has 6 rings (SSSR count). The topological polar surface area (TPSA) is 73.8 Å². The minimum Gasteiger partial charge on any atom is -0.495 e. The number of aromatic nitrogens is 3. The summed E-state index contributed by atoms with van der Waals surface area (Å²) in [5.74, 6) is 0.386. The minimum absolute atomic E-state index is 0.495. The lowest BCUT2D eigenvalue weighted by atomic mass is 10.1. The number of nitrogens with one attached hydrogen (secondary N) is 1. The summed E-state index contributed by atoms with van der Waals surface area (Å²) < 4.78 is 7.75. The molecule has 2 fully saturated rings. The third-order valence-electron chi connectivity index (χ3n) is 7.15. The molecule has 0 saturated carbocycles. The van der Waals surface area contributed by atoms with Crippen LogP contribution in [0.1, 0.15) is 12.5 Å². The lowest BCUT2D eigenvalue weighted by Crippen LogP contribution is -2.44. The van der Waals surface area contributed by atoms with Gasteiger partial charge >= 0.3 is 0 Å². The summed E-state index contributed by atoms with van der Waals surface area (Å²) in [6, 6.07) is 10.4. The minimum atomic E-state index is -0.495. The van der Waals surface area contributed by atoms with E-state index in [4.69, 9.17) is 14.8 Å². The normalized spacial score (nSPS) is 21.2. The number of ether oxygens (including phenoxy) is 1. The van der Waals surface area contributed by atoms with Crippen LogP contribution in [0.2, 0.25) is 0 Å². The Balaban J connectivity index is 1.28. The number of nitrogens with zero attached hydrogens (tertiary/aromatic N) is 7. The van der Waals surface area contributed by atoms with E-state index in [1.165, 1.54) is 0 Å². The van der Waals surface area contributed by atoms with Gasteiger partial charge in [0.25, 0.3) is 0 Å². The van der Waals surface area contributed by atoms with Crippen molar-refractivity contribution in [2.75, 3.05) is 57.1 Å². The van der Waals surface area contributed by atoms with Crippen LogP contribution >= 0.6 is 0 Å². The molecule has 2 saturated heterocycles. The van der Waals surface area contributed by atoms with Gasteiger partial charge in [-0.25, -0.2) is 4.99 Å². The summed E-state index contributed by atoms with van der Waals surface area (Å²) in [5, 5.41) is 8.47. The molecule has 1 unspecified atom stereocenters. The number of likely N-dealkylation sites (N-methyl/N-ethyl adjacent to an activating group) is 1. The average Bonchev–Trinajstić information content (AvgIpc) is 3.45. The lowest BCUT2D eigenvalue weighted by molar-refractivity contribution is 0.311. The van der Waals surface area contributed by atoms with Gasteiger partial charge in [0.2, 0.25) is 5.79 Å². The summed E-state index contributed by atoms with van der Waals surface area (Å²) >= 11 is 0. The molecule has 1 atom stereocenters. The fraction of sp³-hybridized carbons (Fsp3) is 0.370. The van der Waals surface area contributed by atoms with Crippen LogP contribution in [0, 0.1) is 0 Å². The number of rotatable bonds is 7. The number of aliphatic imine (C=N–C) groups is 1. The second-order valence-corrected chi connectivity index (χ2v) is 9.55. The Labute approximate surface area is 211 Å². The second-order valence-electron chi connectivity index (χ2n) is 9.55. The number of allylic oxidation sites excluding steroid dienone is 1. The maximum absolute atomic E-state index is 5.80. The van der Waals surface area contributed by atoms with Gasteiger partial charge in [0.15, 0.2) is 0 Å². The van der Waals surface area contributed by atoms with Gasteiger partial charge in [-0.15, -0.1) is 0 Å². The van der Waals surface area contributed by atoms with Gasteiger partial charge in [-0.1, -0.05) is 0 Å². The van der Waals surface area contributed by atoms with Gasteiger partial charge < -0.3 is 24.8 Å². The van der Waals surface area contributed by atoms with Crippen molar-refractivity contribution in [2.45, 2.75) is 19.3 Å². The summed E-state index contributed by atoms with van der Waals surface area (Å²) in [7, 11) is 3.91. The third-order valence-corrected chi connectivity index (χ3v) is 7.15. The Bertz CT molecular complexity index is 1310. The van der Waals surface area contributed by atoms with E-state index in [0.717, 1.165) is 78.9 Å². The van der Waals surface area contributed by atoms with Crippen LogP contribution < -0.4 is 15.0 Å². The molecule has 2 aromatic heterocycles. The van der Waals surface area contributed by atoms with Crippen molar-refractivity contribution in [3.8, 4) is 17.0 Å². The van der Waals surface area contributed by atoms with Crippen LogP contribution in [-0.4, -0.2) is 82.9 Å². The fourth-order valence-electron chi connectivity index (χ4n) is 4.95. The maximum atomic E-state index is 5.80. The lowest BCUT2D eigenvalue weighted by Gasteiger charge is -2.35. The second kappa shape index (κ2) is 8.98. The number of methoxy groups -OCH3 is 1. The molecular weight excluding hydrogens is 452 g/mol. The number of aryl methyl sites for hydroxylation is 1. The molecule has 186 valence electrons. The molecule has 0 bridgehead atoms.